The Morgan fingerprint density at radius 3 is 2.50 bits per heavy atom. The molecule has 4 heteroatoms. The van der Waals surface area contributed by atoms with Crippen LogP contribution in [-0.4, -0.2) is 18.3 Å². The van der Waals surface area contributed by atoms with Crippen LogP contribution in [0, 0.1) is 0 Å². The number of benzene rings is 1. The lowest BCUT2D eigenvalue weighted by molar-refractivity contribution is -0.170. The van der Waals surface area contributed by atoms with E-state index >= 15 is 0 Å². The van der Waals surface area contributed by atoms with E-state index in [9.17, 15) is 4.79 Å². The average Bonchev–Trinajstić information content (AvgIpc) is 2.25. The Morgan fingerprint density at radius 1 is 1.31 bits per heavy atom. The molecular formula is C12H15NO3. The van der Waals surface area contributed by atoms with E-state index in [-0.39, 0.29) is 12.7 Å². The van der Waals surface area contributed by atoms with Crippen LogP contribution in [-0.2, 0) is 9.53 Å². The van der Waals surface area contributed by atoms with Crippen LogP contribution >= 0.6 is 0 Å². The second-order valence-corrected chi connectivity index (χ2v) is 3.86. The molecule has 0 atom stereocenters. The molecule has 1 aliphatic carbocycles. The predicted octanol–water partition coefficient (Wildman–Crippen LogP) is 1.45. The van der Waals surface area contributed by atoms with Gasteiger partial charge in [0.1, 0.15) is 12.5 Å². The van der Waals surface area contributed by atoms with Crippen LogP contribution in [0.5, 0.6) is 5.75 Å². The molecule has 2 N–H and O–H groups in total. The number of esters is 1. The van der Waals surface area contributed by atoms with Gasteiger partial charge in [0, 0.05) is 0 Å². The molecule has 0 aromatic heterocycles. The number of para-hydroxylation sites is 1. The zero-order valence-corrected chi connectivity index (χ0v) is 9.02. The van der Waals surface area contributed by atoms with E-state index in [1.807, 2.05) is 30.3 Å². The second kappa shape index (κ2) is 4.53. The smallest absolute Gasteiger partial charge is 0.351 e. The van der Waals surface area contributed by atoms with Gasteiger partial charge in [-0.2, -0.15) is 0 Å². The van der Waals surface area contributed by atoms with Crippen LogP contribution in [0.4, 0.5) is 0 Å². The van der Waals surface area contributed by atoms with Crippen LogP contribution < -0.4 is 10.5 Å². The molecule has 16 heavy (non-hydrogen) atoms. The van der Waals surface area contributed by atoms with Crippen LogP contribution in [0.1, 0.15) is 19.3 Å². The minimum absolute atomic E-state index is 0.0985. The number of rotatable bonds is 4. The maximum atomic E-state index is 11.7. The molecule has 4 nitrogen and oxygen atoms in total. The largest absolute Gasteiger partial charge is 0.476 e. The van der Waals surface area contributed by atoms with Crippen molar-refractivity contribution in [1.82, 2.24) is 0 Å². The third-order valence-electron chi connectivity index (χ3n) is 2.80. The molecule has 0 amide bonds. The molecule has 0 saturated heterocycles. The highest BCUT2D eigenvalue weighted by atomic mass is 16.6. The molecule has 0 unspecified atom stereocenters. The fourth-order valence-electron chi connectivity index (χ4n) is 1.77. The van der Waals surface area contributed by atoms with Crippen molar-refractivity contribution in [3.8, 4) is 5.75 Å². The number of ether oxygens (including phenoxy) is 2. The Labute approximate surface area is 94.3 Å². The minimum atomic E-state index is -0.805. The molecule has 1 aromatic carbocycles. The molecule has 0 heterocycles. The number of nitrogens with two attached hydrogens (primary N) is 1. The fraction of sp³-hybridized carbons (Fsp3) is 0.417. The first-order valence-electron chi connectivity index (χ1n) is 5.38. The summed E-state index contributed by atoms with van der Waals surface area (Å²) in [6.07, 6.45) is 2.37. The molecule has 1 saturated carbocycles. The van der Waals surface area contributed by atoms with Gasteiger partial charge in [0.15, 0.2) is 0 Å². The highest BCUT2D eigenvalue weighted by molar-refractivity contribution is 5.81. The summed E-state index contributed by atoms with van der Waals surface area (Å²) in [5, 5.41) is 0. The van der Waals surface area contributed by atoms with Gasteiger partial charge in [-0.15, -0.1) is 0 Å². The topological polar surface area (TPSA) is 61.5 Å². The SMILES string of the molecule is NCOC(=O)C1(Oc2ccccc2)CCC1. The van der Waals surface area contributed by atoms with Gasteiger partial charge in [0.2, 0.25) is 5.60 Å². The fourth-order valence-corrected chi connectivity index (χ4v) is 1.77. The van der Waals surface area contributed by atoms with Crippen molar-refractivity contribution in [3.05, 3.63) is 30.3 Å². The van der Waals surface area contributed by atoms with Crippen molar-refractivity contribution in [2.24, 2.45) is 5.73 Å². The van der Waals surface area contributed by atoms with Gasteiger partial charge in [0.05, 0.1) is 0 Å². The van der Waals surface area contributed by atoms with Gasteiger partial charge in [-0.1, -0.05) is 18.2 Å². The molecule has 0 bridgehead atoms. The van der Waals surface area contributed by atoms with E-state index in [4.69, 9.17) is 15.2 Å². The van der Waals surface area contributed by atoms with Crippen LogP contribution in [0.15, 0.2) is 30.3 Å². The first kappa shape index (κ1) is 11.0. The summed E-state index contributed by atoms with van der Waals surface area (Å²) in [5.41, 5.74) is 4.39. The summed E-state index contributed by atoms with van der Waals surface area (Å²) in [5.74, 6) is 0.335. The molecule has 1 fully saturated rings. The first-order valence-corrected chi connectivity index (χ1v) is 5.38. The molecule has 0 spiro atoms. The third-order valence-corrected chi connectivity index (χ3v) is 2.80. The van der Waals surface area contributed by atoms with Crippen molar-refractivity contribution in [2.45, 2.75) is 24.9 Å². The highest BCUT2D eigenvalue weighted by Crippen LogP contribution is 2.37. The lowest BCUT2D eigenvalue weighted by Gasteiger charge is -2.38. The van der Waals surface area contributed by atoms with E-state index in [0.717, 1.165) is 6.42 Å². The summed E-state index contributed by atoms with van der Waals surface area (Å²) in [6, 6.07) is 9.30. The van der Waals surface area contributed by atoms with Crippen LogP contribution in [0.2, 0.25) is 0 Å². The van der Waals surface area contributed by atoms with E-state index < -0.39 is 5.60 Å². The zero-order chi connectivity index (χ0) is 11.4. The van der Waals surface area contributed by atoms with Crippen LogP contribution in [0.25, 0.3) is 0 Å². The molecule has 0 aliphatic heterocycles. The maximum absolute atomic E-state index is 11.7. The number of hydrogen-bond donors (Lipinski definition) is 1. The number of hydrogen-bond acceptors (Lipinski definition) is 4. The highest BCUT2D eigenvalue weighted by Gasteiger charge is 2.48. The lowest BCUT2D eigenvalue weighted by Crippen LogP contribution is -2.52. The number of carbonyl (C=O) groups is 1. The second-order valence-electron chi connectivity index (χ2n) is 3.86. The third kappa shape index (κ3) is 2.02. The Balaban J connectivity index is 2.08. The monoisotopic (exact) mass is 221 g/mol. The molecule has 86 valence electrons. The first-order chi connectivity index (χ1) is 7.77. The van der Waals surface area contributed by atoms with Crippen molar-refractivity contribution < 1.29 is 14.3 Å². The standard InChI is InChI=1S/C12H15NO3/c13-9-15-11(14)12(7-4-8-12)16-10-5-2-1-3-6-10/h1-3,5-6H,4,7-9,13H2. The molecule has 0 radical (unpaired) electrons. The lowest BCUT2D eigenvalue weighted by atomic mass is 9.80. The van der Waals surface area contributed by atoms with Gasteiger partial charge >= 0.3 is 5.97 Å². The summed E-state index contributed by atoms with van der Waals surface area (Å²) in [7, 11) is 0. The van der Waals surface area contributed by atoms with Gasteiger partial charge in [-0.05, 0) is 31.4 Å². The Kier molecular flexibility index (Phi) is 3.10. The summed E-state index contributed by atoms with van der Waals surface area (Å²) < 4.78 is 10.6. The van der Waals surface area contributed by atoms with Crippen molar-refractivity contribution in [2.75, 3.05) is 6.73 Å². The summed E-state index contributed by atoms with van der Waals surface area (Å²) in [4.78, 5) is 11.7. The van der Waals surface area contributed by atoms with E-state index in [0.29, 0.717) is 18.6 Å². The molecule has 1 aromatic rings. The summed E-state index contributed by atoms with van der Waals surface area (Å²) in [6.45, 7) is -0.0985. The molecule has 2 rings (SSSR count). The van der Waals surface area contributed by atoms with Gasteiger partial charge in [-0.25, -0.2) is 4.79 Å². The average molecular weight is 221 g/mol. The number of carbonyl (C=O) groups excluding carboxylic acids is 1. The minimum Gasteiger partial charge on any atom is -0.476 e. The Bertz CT molecular complexity index is 360. The van der Waals surface area contributed by atoms with E-state index in [1.165, 1.54) is 0 Å². The van der Waals surface area contributed by atoms with E-state index in [1.54, 1.807) is 0 Å². The predicted molar refractivity (Wildman–Crippen MR) is 58.8 cm³/mol. The van der Waals surface area contributed by atoms with Crippen LogP contribution in [0.3, 0.4) is 0 Å². The van der Waals surface area contributed by atoms with Gasteiger partial charge in [-0.3, -0.25) is 5.73 Å². The zero-order valence-electron chi connectivity index (χ0n) is 9.02. The Hall–Kier alpha value is -1.55. The van der Waals surface area contributed by atoms with Gasteiger partial charge < -0.3 is 9.47 Å². The van der Waals surface area contributed by atoms with E-state index in [2.05, 4.69) is 0 Å². The van der Waals surface area contributed by atoms with Gasteiger partial charge in [0.25, 0.3) is 0 Å². The molecule has 1 aliphatic rings. The van der Waals surface area contributed by atoms with Crippen molar-refractivity contribution in [1.29, 1.82) is 0 Å². The van der Waals surface area contributed by atoms with Crippen molar-refractivity contribution >= 4 is 5.97 Å². The molecular weight excluding hydrogens is 206 g/mol. The Morgan fingerprint density at radius 2 is 2.00 bits per heavy atom. The summed E-state index contributed by atoms with van der Waals surface area (Å²) >= 11 is 0. The van der Waals surface area contributed by atoms with Crippen molar-refractivity contribution in [3.63, 3.8) is 0 Å². The normalized spacial score (nSPS) is 17.3. The quantitative estimate of drug-likeness (QED) is 0.617. The maximum Gasteiger partial charge on any atom is 0.351 e.